The van der Waals surface area contributed by atoms with Crippen LogP contribution in [0.1, 0.15) is 44.2 Å². The van der Waals surface area contributed by atoms with E-state index in [1.165, 1.54) is 6.07 Å². The highest BCUT2D eigenvalue weighted by molar-refractivity contribution is 5.87. The van der Waals surface area contributed by atoms with Crippen LogP contribution in [0.2, 0.25) is 0 Å². The molecule has 1 saturated heterocycles. The summed E-state index contributed by atoms with van der Waals surface area (Å²) in [6.45, 7) is 6.11. The molecule has 4 rings (SSSR count). The maximum atomic E-state index is 15.2. The number of aromatic amines is 1. The Balaban J connectivity index is 1.70. The maximum Gasteiger partial charge on any atom is 0.329 e. The van der Waals surface area contributed by atoms with E-state index in [0.717, 1.165) is 25.8 Å². The first-order valence-electron chi connectivity index (χ1n) is 10.6. The summed E-state index contributed by atoms with van der Waals surface area (Å²) in [5.41, 5.74) is 0.767. The van der Waals surface area contributed by atoms with Crippen LogP contribution in [0.5, 0.6) is 0 Å². The first-order chi connectivity index (χ1) is 14.3. The quantitative estimate of drug-likeness (QED) is 0.787. The topological polar surface area (TPSA) is 85.1 Å². The van der Waals surface area contributed by atoms with Crippen LogP contribution in [0.3, 0.4) is 0 Å². The van der Waals surface area contributed by atoms with Crippen molar-refractivity contribution in [3.63, 3.8) is 0 Å². The number of anilines is 1. The van der Waals surface area contributed by atoms with E-state index >= 15 is 4.39 Å². The van der Waals surface area contributed by atoms with Crippen molar-refractivity contribution in [1.29, 1.82) is 5.26 Å². The Kier molecular flexibility index (Phi) is 5.41. The van der Waals surface area contributed by atoms with Gasteiger partial charge in [-0.25, -0.2) is 9.18 Å². The van der Waals surface area contributed by atoms with Crippen molar-refractivity contribution < 1.29 is 4.39 Å². The Bertz CT molecular complexity index is 1130. The molecule has 2 aliphatic rings. The monoisotopic (exact) mass is 413 g/mol. The molecule has 1 aromatic carbocycles. The van der Waals surface area contributed by atoms with Gasteiger partial charge in [0.25, 0.3) is 5.56 Å². The SMILES string of the molecule is Cc1c(N2CCC(C(C)N(C)CCC#N)C2)c(F)cc2c(=O)[nH]c(=O)n(C3CC3)c12. The molecule has 30 heavy (non-hydrogen) atoms. The molecule has 2 fully saturated rings. The Morgan fingerprint density at radius 1 is 1.37 bits per heavy atom. The van der Waals surface area contributed by atoms with Crippen LogP contribution in [-0.4, -0.2) is 47.2 Å². The van der Waals surface area contributed by atoms with E-state index in [0.29, 0.717) is 42.2 Å². The molecule has 2 heterocycles. The summed E-state index contributed by atoms with van der Waals surface area (Å²) >= 11 is 0. The van der Waals surface area contributed by atoms with E-state index in [1.807, 2.05) is 18.9 Å². The van der Waals surface area contributed by atoms with E-state index < -0.39 is 17.1 Å². The number of nitrogens with one attached hydrogen (secondary N) is 1. The number of benzene rings is 1. The van der Waals surface area contributed by atoms with Crippen LogP contribution in [0.15, 0.2) is 15.7 Å². The fraction of sp³-hybridized carbons (Fsp3) is 0.591. The predicted octanol–water partition coefficient (Wildman–Crippen LogP) is 2.53. The zero-order chi connectivity index (χ0) is 21.6. The summed E-state index contributed by atoms with van der Waals surface area (Å²) in [6, 6.07) is 3.82. The Morgan fingerprint density at radius 3 is 2.77 bits per heavy atom. The standard InChI is InChI=1S/C22H28FN5O2/c1-13-19-17(21(29)25-22(30)28(19)16-5-6-16)11-18(23)20(13)27-10-7-15(12-27)14(2)26(3)9-4-8-24/h11,14-16H,4-7,9-10,12H2,1-3H3,(H,25,29,30). The lowest BCUT2D eigenvalue weighted by atomic mass is 9.99. The summed E-state index contributed by atoms with van der Waals surface area (Å²) in [5.74, 6) is -0.0642. The first-order valence-corrected chi connectivity index (χ1v) is 10.6. The Morgan fingerprint density at radius 2 is 2.10 bits per heavy atom. The second-order valence-electron chi connectivity index (χ2n) is 8.71. The van der Waals surface area contributed by atoms with Gasteiger partial charge in [0.1, 0.15) is 5.82 Å². The third-order valence-electron chi connectivity index (χ3n) is 6.79. The number of halogens is 1. The lowest BCUT2D eigenvalue weighted by molar-refractivity contribution is 0.203. The van der Waals surface area contributed by atoms with Gasteiger partial charge in [-0.1, -0.05) is 0 Å². The normalized spacial score (nSPS) is 20.1. The summed E-state index contributed by atoms with van der Waals surface area (Å²) in [4.78, 5) is 31.4. The second kappa shape index (κ2) is 7.88. The molecule has 7 nitrogen and oxygen atoms in total. The minimum Gasteiger partial charge on any atom is -0.369 e. The van der Waals surface area contributed by atoms with Crippen molar-refractivity contribution in [3.8, 4) is 6.07 Å². The van der Waals surface area contributed by atoms with Crippen molar-refractivity contribution >= 4 is 16.6 Å². The van der Waals surface area contributed by atoms with Gasteiger partial charge >= 0.3 is 5.69 Å². The van der Waals surface area contributed by atoms with Crippen molar-refractivity contribution in [2.24, 2.45) is 5.92 Å². The maximum absolute atomic E-state index is 15.2. The lowest BCUT2D eigenvalue weighted by Crippen LogP contribution is -2.37. The number of fused-ring (bicyclic) bond motifs is 1. The predicted molar refractivity (Wildman–Crippen MR) is 114 cm³/mol. The Labute approximate surface area is 174 Å². The molecule has 0 amide bonds. The largest absolute Gasteiger partial charge is 0.369 e. The highest BCUT2D eigenvalue weighted by atomic mass is 19.1. The average molecular weight is 413 g/mol. The minimum atomic E-state index is -0.535. The molecule has 1 aliphatic heterocycles. The lowest BCUT2D eigenvalue weighted by Gasteiger charge is -2.30. The number of hydrogen-bond acceptors (Lipinski definition) is 5. The van der Waals surface area contributed by atoms with Gasteiger partial charge in [0, 0.05) is 43.7 Å². The highest BCUT2D eigenvalue weighted by Crippen LogP contribution is 2.39. The second-order valence-corrected chi connectivity index (χ2v) is 8.71. The summed E-state index contributed by atoms with van der Waals surface area (Å²) in [7, 11) is 2.02. The van der Waals surface area contributed by atoms with Gasteiger partial charge in [0.15, 0.2) is 0 Å². The molecular weight excluding hydrogens is 385 g/mol. The minimum absolute atomic E-state index is 0.0778. The molecule has 1 aromatic heterocycles. The number of hydrogen-bond donors (Lipinski definition) is 1. The molecular formula is C22H28FN5O2. The van der Waals surface area contributed by atoms with E-state index in [1.54, 1.807) is 4.57 Å². The van der Waals surface area contributed by atoms with Crippen LogP contribution in [0.25, 0.3) is 10.9 Å². The molecule has 0 spiro atoms. The number of aryl methyl sites for hydroxylation is 1. The number of H-pyrrole nitrogens is 1. The van der Waals surface area contributed by atoms with Gasteiger partial charge < -0.3 is 9.80 Å². The molecule has 1 saturated carbocycles. The van der Waals surface area contributed by atoms with Gasteiger partial charge in [-0.3, -0.25) is 14.3 Å². The molecule has 0 radical (unpaired) electrons. The van der Waals surface area contributed by atoms with E-state index in [2.05, 4.69) is 22.9 Å². The van der Waals surface area contributed by atoms with E-state index in [9.17, 15) is 9.59 Å². The molecule has 2 unspecified atom stereocenters. The molecule has 1 aliphatic carbocycles. The van der Waals surface area contributed by atoms with Gasteiger partial charge in [-0.15, -0.1) is 0 Å². The van der Waals surface area contributed by atoms with Gasteiger partial charge in [-0.2, -0.15) is 5.26 Å². The van der Waals surface area contributed by atoms with E-state index in [-0.39, 0.29) is 17.5 Å². The fourth-order valence-corrected chi connectivity index (χ4v) is 4.81. The zero-order valence-electron chi connectivity index (χ0n) is 17.7. The first kappa shape index (κ1) is 20.6. The van der Waals surface area contributed by atoms with Crippen molar-refractivity contribution in [3.05, 3.63) is 38.3 Å². The Hall–Kier alpha value is -2.66. The van der Waals surface area contributed by atoms with Crippen LogP contribution >= 0.6 is 0 Å². The van der Waals surface area contributed by atoms with Crippen molar-refractivity contribution in [2.75, 3.05) is 31.6 Å². The third-order valence-corrected chi connectivity index (χ3v) is 6.79. The molecule has 2 aromatic rings. The number of nitriles is 1. The summed E-state index contributed by atoms with van der Waals surface area (Å²) in [6.07, 6.45) is 3.21. The van der Waals surface area contributed by atoms with Crippen LogP contribution in [0, 0.1) is 30.0 Å². The van der Waals surface area contributed by atoms with Gasteiger partial charge in [0.2, 0.25) is 0 Å². The fourth-order valence-electron chi connectivity index (χ4n) is 4.81. The van der Waals surface area contributed by atoms with Gasteiger partial charge in [0.05, 0.1) is 22.7 Å². The molecule has 2 atom stereocenters. The number of rotatable bonds is 6. The zero-order valence-corrected chi connectivity index (χ0v) is 17.7. The summed E-state index contributed by atoms with van der Waals surface area (Å²) < 4.78 is 16.8. The molecule has 1 N–H and O–H groups in total. The number of aromatic nitrogens is 2. The molecule has 8 heteroatoms. The smallest absolute Gasteiger partial charge is 0.329 e. The van der Waals surface area contributed by atoms with Crippen molar-refractivity contribution in [2.45, 2.75) is 51.6 Å². The van der Waals surface area contributed by atoms with Crippen LogP contribution < -0.4 is 16.1 Å². The molecule has 160 valence electrons. The molecule has 0 bridgehead atoms. The van der Waals surface area contributed by atoms with Crippen molar-refractivity contribution in [1.82, 2.24) is 14.5 Å². The van der Waals surface area contributed by atoms with E-state index in [4.69, 9.17) is 5.26 Å². The average Bonchev–Trinajstić information content (AvgIpc) is 3.43. The number of nitrogens with zero attached hydrogens (tertiary/aromatic N) is 4. The van der Waals surface area contributed by atoms with Crippen LogP contribution in [-0.2, 0) is 0 Å². The third kappa shape index (κ3) is 3.52. The summed E-state index contributed by atoms with van der Waals surface area (Å²) in [5, 5.41) is 9.07. The van der Waals surface area contributed by atoms with Crippen LogP contribution in [0.4, 0.5) is 10.1 Å². The van der Waals surface area contributed by atoms with Gasteiger partial charge in [-0.05, 0) is 52.1 Å². The highest BCUT2D eigenvalue weighted by Gasteiger charge is 2.33.